The summed E-state index contributed by atoms with van der Waals surface area (Å²) < 4.78 is 28.1. The number of likely N-dealkylation sites (N-methyl/N-ethyl adjacent to an activating group) is 1. The van der Waals surface area contributed by atoms with Gasteiger partial charge in [-0.05, 0) is 97.1 Å². The highest BCUT2D eigenvalue weighted by Crippen LogP contribution is 2.39. The Morgan fingerprint density at radius 1 is 1.02 bits per heavy atom. The van der Waals surface area contributed by atoms with Crippen LogP contribution in [-0.4, -0.2) is 65.6 Å². The number of nitrogens with zero attached hydrogens (tertiary/aromatic N) is 2. The molecule has 2 atom stereocenters. The number of thiol groups is 1. The van der Waals surface area contributed by atoms with Crippen LogP contribution in [0, 0.1) is 5.82 Å². The van der Waals surface area contributed by atoms with Gasteiger partial charge in [-0.25, -0.2) is 8.78 Å². The number of anilines is 1. The number of hydrogen-bond donors (Lipinski definition) is 2. The van der Waals surface area contributed by atoms with E-state index in [1.807, 2.05) is 12.1 Å². The standard InChI is InChI=1S/C44H46F2N2O5S/c1-5-36(28-50)48-43(52)38(24-18-32-11-9-12-34(45)19-13-32)41(39(44(48)53)26-33-14-20-35(46)21-15-33)40(29(2)27-49)30(3)42(51)47(4)37-22-16-31(17-23-37)10-7-6-8-25-54/h9,11-17,19-24,26-27,34,36,50,54H,2-3,5-8,10,18,25,28H2,1,4H3/b38-24+,39-26-,41-40-. The number of likely N-dealkylation sites (tertiary alicyclic amines) is 1. The zero-order valence-electron chi connectivity index (χ0n) is 30.6. The number of imide groups is 1. The van der Waals surface area contributed by atoms with Crippen molar-refractivity contribution < 1.29 is 33.1 Å². The lowest BCUT2D eigenvalue weighted by Gasteiger charge is -2.36. The van der Waals surface area contributed by atoms with Crippen LogP contribution in [0.4, 0.5) is 14.5 Å². The van der Waals surface area contributed by atoms with Gasteiger partial charge in [0.1, 0.15) is 18.3 Å². The van der Waals surface area contributed by atoms with Crippen molar-refractivity contribution in [3.05, 3.63) is 154 Å². The smallest absolute Gasteiger partial charge is 0.261 e. The number of aliphatic hydroxyl groups is 1. The van der Waals surface area contributed by atoms with Crippen LogP contribution in [0.3, 0.4) is 0 Å². The fourth-order valence-electron chi connectivity index (χ4n) is 6.23. The quantitative estimate of drug-likeness (QED) is 0.0597. The molecule has 0 radical (unpaired) electrons. The van der Waals surface area contributed by atoms with Gasteiger partial charge in [-0.15, -0.1) is 0 Å². The van der Waals surface area contributed by atoms with Crippen molar-refractivity contribution >= 4 is 48.4 Å². The van der Waals surface area contributed by atoms with Crippen molar-refractivity contribution in [3.8, 4) is 0 Å². The highest BCUT2D eigenvalue weighted by Gasteiger charge is 2.43. The number of aliphatic hydroxyl groups excluding tert-OH is 1. The number of allylic oxidation sites excluding steroid dienone is 8. The Hall–Kier alpha value is -5.19. The van der Waals surface area contributed by atoms with Crippen molar-refractivity contribution in [2.24, 2.45) is 0 Å². The van der Waals surface area contributed by atoms with Gasteiger partial charge in [-0.3, -0.25) is 24.1 Å². The van der Waals surface area contributed by atoms with Crippen LogP contribution in [0.2, 0.25) is 0 Å². The first-order chi connectivity index (χ1) is 25.9. The summed E-state index contributed by atoms with van der Waals surface area (Å²) in [5.41, 5.74) is 1.85. The third-order valence-electron chi connectivity index (χ3n) is 9.33. The normalized spacial score (nSPS) is 18.7. The topological polar surface area (TPSA) is 95.0 Å². The molecule has 1 heterocycles. The summed E-state index contributed by atoms with van der Waals surface area (Å²) in [6.07, 6.45) is 13.9. The van der Waals surface area contributed by atoms with Crippen LogP contribution in [0.1, 0.15) is 50.2 Å². The van der Waals surface area contributed by atoms with Crippen LogP contribution in [0.25, 0.3) is 6.08 Å². The Bertz CT molecular complexity index is 1950. The molecule has 7 nitrogen and oxygen atoms in total. The molecule has 282 valence electrons. The Labute approximate surface area is 321 Å². The zero-order valence-corrected chi connectivity index (χ0v) is 31.5. The molecule has 2 unspecified atom stereocenters. The van der Waals surface area contributed by atoms with E-state index < -0.39 is 42.4 Å². The summed E-state index contributed by atoms with van der Waals surface area (Å²) in [6, 6.07) is 11.9. The fourth-order valence-corrected chi connectivity index (χ4v) is 6.45. The average Bonchev–Trinajstić information content (AvgIpc) is 3.39. The van der Waals surface area contributed by atoms with Crippen molar-refractivity contribution in [2.75, 3.05) is 24.3 Å². The van der Waals surface area contributed by atoms with Gasteiger partial charge in [-0.1, -0.05) is 75.1 Å². The zero-order chi connectivity index (χ0) is 39.4. The summed E-state index contributed by atoms with van der Waals surface area (Å²) >= 11 is 4.27. The molecule has 1 aliphatic carbocycles. The van der Waals surface area contributed by atoms with E-state index in [1.165, 1.54) is 53.5 Å². The van der Waals surface area contributed by atoms with Crippen molar-refractivity contribution in [3.63, 3.8) is 0 Å². The minimum atomic E-state index is -1.31. The van der Waals surface area contributed by atoms with E-state index >= 15 is 0 Å². The van der Waals surface area contributed by atoms with Crippen LogP contribution < -0.4 is 4.90 Å². The van der Waals surface area contributed by atoms with Gasteiger partial charge < -0.3 is 10.0 Å². The lowest BCUT2D eigenvalue weighted by atomic mass is 9.80. The molecule has 1 N–H and O–H groups in total. The number of amides is 3. The Balaban J connectivity index is 1.94. The third-order valence-corrected chi connectivity index (χ3v) is 9.65. The SMILES string of the molecule is C=C(C=O)/C(C(=C)C(=O)N(C)c1ccc(CCCCCS)cc1)=C1C(=C/c2ccc(F)cc2)/C(=O)N(C(CC)CO)C(=O)C/1=C/CC1=CC=CC(F)C=C1. The van der Waals surface area contributed by atoms with E-state index in [2.05, 4.69) is 25.8 Å². The molecule has 1 fully saturated rings. The van der Waals surface area contributed by atoms with E-state index in [9.17, 15) is 33.1 Å². The van der Waals surface area contributed by atoms with E-state index in [-0.39, 0.29) is 46.3 Å². The predicted molar refractivity (Wildman–Crippen MR) is 214 cm³/mol. The molecule has 1 aliphatic heterocycles. The van der Waals surface area contributed by atoms with Gasteiger partial charge >= 0.3 is 0 Å². The molecule has 10 heteroatoms. The van der Waals surface area contributed by atoms with Crippen LogP contribution in [-0.2, 0) is 25.6 Å². The first-order valence-electron chi connectivity index (χ1n) is 17.9. The lowest BCUT2D eigenvalue weighted by Crippen LogP contribution is -2.51. The molecular formula is C44H46F2N2O5S. The minimum absolute atomic E-state index is 0.0638. The molecule has 0 saturated carbocycles. The average molecular weight is 753 g/mol. The first-order valence-corrected chi connectivity index (χ1v) is 18.5. The molecule has 3 amide bonds. The molecule has 2 aromatic rings. The number of unbranched alkanes of at least 4 members (excludes halogenated alkanes) is 2. The number of rotatable bonds is 16. The Kier molecular flexibility index (Phi) is 15.2. The molecule has 2 aliphatic rings. The van der Waals surface area contributed by atoms with E-state index in [1.54, 1.807) is 44.3 Å². The van der Waals surface area contributed by atoms with Gasteiger partial charge in [0.25, 0.3) is 17.7 Å². The Morgan fingerprint density at radius 3 is 2.33 bits per heavy atom. The number of piperidine rings is 1. The second-order valence-electron chi connectivity index (χ2n) is 13.0. The maximum Gasteiger partial charge on any atom is 0.261 e. The molecule has 54 heavy (non-hydrogen) atoms. The Morgan fingerprint density at radius 2 is 1.70 bits per heavy atom. The molecular weight excluding hydrogens is 707 g/mol. The molecule has 0 spiro atoms. The first kappa shape index (κ1) is 41.6. The number of aryl methyl sites for hydroxylation is 1. The number of hydrogen-bond acceptors (Lipinski definition) is 6. The molecule has 4 rings (SSSR count). The summed E-state index contributed by atoms with van der Waals surface area (Å²) in [7, 11) is 1.55. The minimum Gasteiger partial charge on any atom is -0.394 e. The molecule has 0 bridgehead atoms. The van der Waals surface area contributed by atoms with Crippen molar-refractivity contribution in [1.82, 2.24) is 4.90 Å². The maximum atomic E-state index is 14.5. The molecule has 0 aromatic heterocycles. The fraction of sp³-hybridized carbons (Fsp3) is 0.273. The third kappa shape index (κ3) is 10.1. The predicted octanol–water partition coefficient (Wildman–Crippen LogP) is 7.97. The van der Waals surface area contributed by atoms with Gasteiger partial charge in [0.2, 0.25) is 0 Å². The highest BCUT2D eigenvalue weighted by molar-refractivity contribution is 7.80. The maximum absolute atomic E-state index is 14.5. The van der Waals surface area contributed by atoms with Crippen LogP contribution in [0.5, 0.6) is 0 Å². The summed E-state index contributed by atoms with van der Waals surface area (Å²) in [5.74, 6) is -1.88. The van der Waals surface area contributed by atoms with Crippen LogP contribution >= 0.6 is 12.6 Å². The van der Waals surface area contributed by atoms with Gasteiger partial charge in [0.05, 0.1) is 12.6 Å². The van der Waals surface area contributed by atoms with E-state index in [0.717, 1.165) is 41.9 Å². The van der Waals surface area contributed by atoms with E-state index in [0.29, 0.717) is 23.1 Å². The second-order valence-corrected chi connectivity index (χ2v) is 13.5. The monoisotopic (exact) mass is 752 g/mol. The highest BCUT2D eigenvalue weighted by atomic mass is 32.1. The molecule has 1 saturated heterocycles. The van der Waals surface area contributed by atoms with Gasteiger partial charge in [0, 0.05) is 46.2 Å². The molecule has 2 aromatic carbocycles. The second kappa shape index (κ2) is 19.8. The number of carbonyl (C=O) groups excluding carboxylic acids is 4. The van der Waals surface area contributed by atoms with Crippen LogP contribution in [0.15, 0.2) is 137 Å². The number of carbonyl (C=O) groups is 4. The van der Waals surface area contributed by atoms with Crippen molar-refractivity contribution in [1.29, 1.82) is 0 Å². The van der Waals surface area contributed by atoms with Crippen molar-refractivity contribution in [2.45, 2.75) is 57.7 Å². The number of benzene rings is 2. The number of halogens is 2. The summed E-state index contributed by atoms with van der Waals surface area (Å²) in [4.78, 5) is 58.1. The summed E-state index contributed by atoms with van der Waals surface area (Å²) in [5, 5.41) is 10.3. The summed E-state index contributed by atoms with van der Waals surface area (Å²) in [6.45, 7) is 9.19. The largest absolute Gasteiger partial charge is 0.394 e. The van der Waals surface area contributed by atoms with Gasteiger partial charge in [0.15, 0.2) is 0 Å². The van der Waals surface area contributed by atoms with Gasteiger partial charge in [-0.2, -0.15) is 12.6 Å². The number of aldehydes is 1. The lowest BCUT2D eigenvalue weighted by molar-refractivity contribution is -0.144. The van der Waals surface area contributed by atoms with E-state index in [4.69, 9.17) is 0 Å². The number of alkyl halides is 1.